The average molecular weight is 174 g/mol. The van der Waals surface area contributed by atoms with Crippen LogP contribution in [0.15, 0.2) is 0 Å². The van der Waals surface area contributed by atoms with Gasteiger partial charge in [0, 0.05) is 7.05 Å². The van der Waals surface area contributed by atoms with Crippen molar-refractivity contribution >= 4 is 6.03 Å². The number of rotatable bonds is 2. The van der Waals surface area contributed by atoms with E-state index in [1.54, 1.807) is 0 Å². The second-order valence-electron chi connectivity index (χ2n) is 3.29. The molecule has 0 atom stereocenters. The lowest BCUT2D eigenvalue weighted by Crippen LogP contribution is -2.41. The number of amides is 2. The molecule has 0 radical (unpaired) electrons. The summed E-state index contributed by atoms with van der Waals surface area (Å²) in [4.78, 5) is 10.7. The SMILES string of the molecule is CNC(=O)NCC1(F)CCCC1. The average Bonchev–Trinajstić information content (AvgIpc) is 2.49. The fourth-order valence-electron chi connectivity index (χ4n) is 1.51. The monoisotopic (exact) mass is 174 g/mol. The Balaban J connectivity index is 2.25. The van der Waals surface area contributed by atoms with Gasteiger partial charge in [0.1, 0.15) is 5.67 Å². The summed E-state index contributed by atoms with van der Waals surface area (Å²) in [5.74, 6) is 0. The van der Waals surface area contributed by atoms with Crippen LogP contribution < -0.4 is 10.6 Å². The minimum Gasteiger partial charge on any atom is -0.341 e. The molecule has 1 rings (SSSR count). The fourth-order valence-corrected chi connectivity index (χ4v) is 1.51. The van der Waals surface area contributed by atoms with E-state index >= 15 is 0 Å². The predicted molar refractivity (Wildman–Crippen MR) is 44.8 cm³/mol. The number of carbonyl (C=O) groups is 1. The van der Waals surface area contributed by atoms with Gasteiger partial charge in [-0.3, -0.25) is 0 Å². The number of halogens is 1. The molecule has 70 valence electrons. The van der Waals surface area contributed by atoms with Gasteiger partial charge in [-0.25, -0.2) is 9.18 Å². The quantitative estimate of drug-likeness (QED) is 0.648. The van der Waals surface area contributed by atoms with Gasteiger partial charge in [-0.15, -0.1) is 0 Å². The Morgan fingerprint density at radius 2 is 2.08 bits per heavy atom. The van der Waals surface area contributed by atoms with E-state index in [9.17, 15) is 9.18 Å². The summed E-state index contributed by atoms with van der Waals surface area (Å²) in [5, 5.41) is 4.88. The summed E-state index contributed by atoms with van der Waals surface area (Å²) >= 11 is 0. The Bertz CT molecular complexity index is 166. The van der Waals surface area contributed by atoms with E-state index in [2.05, 4.69) is 10.6 Å². The summed E-state index contributed by atoms with van der Waals surface area (Å²) < 4.78 is 13.6. The highest BCUT2D eigenvalue weighted by atomic mass is 19.1. The smallest absolute Gasteiger partial charge is 0.314 e. The maximum absolute atomic E-state index is 13.6. The minimum absolute atomic E-state index is 0.146. The van der Waals surface area contributed by atoms with Crippen molar-refractivity contribution < 1.29 is 9.18 Å². The summed E-state index contributed by atoms with van der Waals surface area (Å²) in [6, 6.07) is -0.307. The van der Waals surface area contributed by atoms with E-state index in [1.807, 2.05) is 0 Å². The maximum Gasteiger partial charge on any atom is 0.314 e. The first-order valence-electron chi connectivity index (χ1n) is 4.31. The number of urea groups is 1. The molecule has 0 unspecified atom stereocenters. The molecule has 0 aromatic heterocycles. The van der Waals surface area contributed by atoms with Crippen molar-refractivity contribution in [1.29, 1.82) is 0 Å². The molecule has 1 aliphatic rings. The lowest BCUT2D eigenvalue weighted by atomic mass is 10.1. The molecule has 2 N–H and O–H groups in total. The van der Waals surface area contributed by atoms with Crippen LogP contribution >= 0.6 is 0 Å². The lowest BCUT2D eigenvalue weighted by Gasteiger charge is -2.18. The van der Waals surface area contributed by atoms with Crippen molar-refractivity contribution in [2.24, 2.45) is 0 Å². The van der Waals surface area contributed by atoms with Gasteiger partial charge in [0.25, 0.3) is 0 Å². The van der Waals surface area contributed by atoms with E-state index in [-0.39, 0.29) is 12.6 Å². The third-order valence-electron chi connectivity index (χ3n) is 2.29. The highest BCUT2D eigenvalue weighted by Crippen LogP contribution is 2.32. The molecule has 4 heteroatoms. The second kappa shape index (κ2) is 3.74. The van der Waals surface area contributed by atoms with Gasteiger partial charge in [-0.05, 0) is 12.8 Å². The largest absolute Gasteiger partial charge is 0.341 e. The van der Waals surface area contributed by atoms with Gasteiger partial charge in [0.05, 0.1) is 6.54 Å². The first-order chi connectivity index (χ1) is 5.66. The minimum atomic E-state index is -1.15. The van der Waals surface area contributed by atoms with Crippen LogP contribution in [-0.2, 0) is 0 Å². The fraction of sp³-hybridized carbons (Fsp3) is 0.875. The topological polar surface area (TPSA) is 41.1 Å². The maximum atomic E-state index is 13.6. The van der Waals surface area contributed by atoms with Gasteiger partial charge < -0.3 is 10.6 Å². The highest BCUT2D eigenvalue weighted by Gasteiger charge is 2.33. The third kappa shape index (κ3) is 2.36. The molecular weight excluding hydrogens is 159 g/mol. The third-order valence-corrected chi connectivity index (χ3v) is 2.29. The van der Waals surface area contributed by atoms with Crippen molar-refractivity contribution in [3.05, 3.63) is 0 Å². The number of nitrogens with one attached hydrogen (secondary N) is 2. The normalized spacial score (nSPS) is 20.5. The Labute approximate surface area is 71.7 Å². The summed E-state index contributed by atoms with van der Waals surface area (Å²) in [6.45, 7) is 0.146. The predicted octanol–water partition coefficient (Wildman–Crippen LogP) is 1.20. The standard InChI is InChI=1S/C8H15FN2O/c1-10-7(12)11-6-8(9)4-2-3-5-8/h2-6H2,1H3,(H2,10,11,12). The van der Waals surface area contributed by atoms with Crippen molar-refractivity contribution in [1.82, 2.24) is 10.6 Å². The Morgan fingerprint density at radius 1 is 1.50 bits per heavy atom. The van der Waals surface area contributed by atoms with Crippen LogP contribution in [0.5, 0.6) is 0 Å². The molecule has 0 aliphatic heterocycles. The number of carbonyl (C=O) groups excluding carboxylic acids is 1. The van der Waals surface area contributed by atoms with Gasteiger partial charge in [0.15, 0.2) is 0 Å². The molecule has 0 heterocycles. The van der Waals surface area contributed by atoms with Gasteiger partial charge in [-0.2, -0.15) is 0 Å². The van der Waals surface area contributed by atoms with Crippen molar-refractivity contribution in [2.45, 2.75) is 31.4 Å². The summed E-state index contributed by atoms with van der Waals surface area (Å²) in [5.41, 5.74) is -1.15. The molecule has 1 aliphatic carbocycles. The molecule has 12 heavy (non-hydrogen) atoms. The van der Waals surface area contributed by atoms with Crippen molar-refractivity contribution in [3.63, 3.8) is 0 Å². The van der Waals surface area contributed by atoms with Crippen molar-refractivity contribution in [2.75, 3.05) is 13.6 Å². The summed E-state index contributed by atoms with van der Waals surface area (Å²) in [7, 11) is 1.52. The van der Waals surface area contributed by atoms with E-state index in [4.69, 9.17) is 0 Å². The van der Waals surface area contributed by atoms with Gasteiger partial charge in [0.2, 0.25) is 0 Å². The van der Waals surface area contributed by atoms with Crippen LogP contribution in [0.3, 0.4) is 0 Å². The molecule has 1 fully saturated rings. The first-order valence-corrected chi connectivity index (χ1v) is 4.31. The molecule has 0 aromatic carbocycles. The molecule has 1 saturated carbocycles. The van der Waals surface area contributed by atoms with Crippen LogP contribution in [0.1, 0.15) is 25.7 Å². The Morgan fingerprint density at radius 3 is 2.58 bits per heavy atom. The van der Waals surface area contributed by atoms with Crippen molar-refractivity contribution in [3.8, 4) is 0 Å². The number of hydrogen-bond acceptors (Lipinski definition) is 1. The zero-order valence-electron chi connectivity index (χ0n) is 7.32. The van der Waals surface area contributed by atoms with Crippen LogP contribution in [0.2, 0.25) is 0 Å². The molecule has 0 aromatic rings. The van der Waals surface area contributed by atoms with E-state index in [0.29, 0.717) is 12.8 Å². The van der Waals surface area contributed by atoms with Crippen LogP contribution in [0.4, 0.5) is 9.18 Å². The Hall–Kier alpha value is -0.800. The zero-order chi connectivity index (χ0) is 9.03. The van der Waals surface area contributed by atoms with Crippen LogP contribution in [0.25, 0.3) is 0 Å². The summed E-state index contributed by atoms with van der Waals surface area (Å²) in [6.07, 6.45) is 3.03. The van der Waals surface area contributed by atoms with Crippen LogP contribution in [-0.4, -0.2) is 25.3 Å². The molecule has 0 bridgehead atoms. The van der Waals surface area contributed by atoms with Gasteiger partial charge >= 0.3 is 6.03 Å². The zero-order valence-corrected chi connectivity index (χ0v) is 7.32. The van der Waals surface area contributed by atoms with E-state index in [1.165, 1.54) is 7.05 Å². The number of hydrogen-bond donors (Lipinski definition) is 2. The second-order valence-corrected chi connectivity index (χ2v) is 3.29. The first kappa shape index (κ1) is 9.29. The van der Waals surface area contributed by atoms with Crippen LogP contribution in [0, 0.1) is 0 Å². The molecule has 3 nitrogen and oxygen atoms in total. The highest BCUT2D eigenvalue weighted by molar-refractivity contribution is 5.73. The molecular formula is C8H15FN2O. The van der Waals surface area contributed by atoms with E-state index in [0.717, 1.165) is 12.8 Å². The van der Waals surface area contributed by atoms with E-state index < -0.39 is 5.67 Å². The lowest BCUT2D eigenvalue weighted by molar-refractivity contribution is 0.167. The van der Waals surface area contributed by atoms with Gasteiger partial charge in [-0.1, -0.05) is 12.8 Å². The number of alkyl halides is 1. The molecule has 0 spiro atoms. The Kier molecular flexibility index (Phi) is 2.89. The molecule has 2 amide bonds. The molecule has 0 saturated heterocycles.